The van der Waals surface area contributed by atoms with Crippen LogP contribution < -0.4 is 5.48 Å². The van der Waals surface area contributed by atoms with Gasteiger partial charge in [-0.15, -0.1) is 0 Å². The van der Waals surface area contributed by atoms with Gasteiger partial charge in [0.2, 0.25) is 0 Å². The molecule has 3 heterocycles. The largest absolute Gasteiger partial charge is 0.322 e. The van der Waals surface area contributed by atoms with Crippen molar-refractivity contribution in [1.29, 1.82) is 10.7 Å². The van der Waals surface area contributed by atoms with E-state index in [0.29, 0.717) is 29.3 Å². The summed E-state index contributed by atoms with van der Waals surface area (Å²) in [5, 5.41) is 19.0. The lowest BCUT2D eigenvalue weighted by atomic mass is 9.49. The second-order valence-electron chi connectivity index (χ2n) is 14.1. The van der Waals surface area contributed by atoms with Crippen molar-refractivity contribution in [2.75, 3.05) is 0 Å². The molecule has 10 nitrogen and oxygen atoms in total. The first-order valence-corrected chi connectivity index (χ1v) is 17.8. The molecule has 1 aromatic carbocycles. The zero-order valence-corrected chi connectivity index (χ0v) is 26.2. The van der Waals surface area contributed by atoms with Gasteiger partial charge in [-0.1, -0.05) is 18.2 Å². The van der Waals surface area contributed by atoms with Crippen molar-refractivity contribution in [1.82, 2.24) is 24.0 Å². The lowest BCUT2D eigenvalue weighted by molar-refractivity contribution is -0.0262. The number of pyridine rings is 1. The number of hydrogen-bond donors (Lipinski definition) is 2. The standard InChI is InChI=1S/C34H39N7O3S/c35-12-10-22-6-8-26(9-7-22)41-30(21-44-39-33(36)34-17-23-14-24(18-34)16-25(15-23)19-34)38-29-20-37-32-28(31(29)41)11-13-40(32)45(42,43)27-4-2-1-3-5-27/h1-5,11,13,20,22-26H,6-10,14-19,21H2,(H2,36,39)/t22-,23?,24?,25?,26-,34?. The average molecular weight is 626 g/mol. The lowest BCUT2D eigenvalue weighted by Gasteiger charge is -2.56. The first-order valence-electron chi connectivity index (χ1n) is 16.4. The highest BCUT2D eigenvalue weighted by atomic mass is 32.2. The Bertz CT molecular complexity index is 1880. The zero-order chi connectivity index (χ0) is 30.8. The highest BCUT2D eigenvalue weighted by molar-refractivity contribution is 7.90. The van der Waals surface area contributed by atoms with Crippen LogP contribution >= 0.6 is 0 Å². The van der Waals surface area contributed by atoms with Gasteiger partial charge in [-0.05, 0) is 106 Å². The predicted octanol–water partition coefficient (Wildman–Crippen LogP) is 6.48. The predicted molar refractivity (Wildman–Crippen MR) is 170 cm³/mol. The molecule has 0 amide bonds. The van der Waals surface area contributed by atoms with Crippen molar-refractivity contribution < 1.29 is 13.3 Å². The molecule has 4 bridgehead atoms. The van der Waals surface area contributed by atoms with Crippen molar-refractivity contribution >= 4 is 37.9 Å². The number of imidazole rings is 1. The van der Waals surface area contributed by atoms with Crippen molar-refractivity contribution in [2.45, 2.75) is 88.2 Å². The van der Waals surface area contributed by atoms with Crippen LogP contribution in [0.5, 0.6) is 0 Å². The van der Waals surface area contributed by atoms with Crippen LogP contribution in [0.3, 0.4) is 0 Å². The van der Waals surface area contributed by atoms with Crippen LogP contribution in [0.1, 0.15) is 82.5 Å². The third kappa shape index (κ3) is 4.84. The Balaban J connectivity index is 1.12. The summed E-state index contributed by atoms with van der Waals surface area (Å²) in [6.07, 6.45) is 14.7. The summed E-state index contributed by atoms with van der Waals surface area (Å²) >= 11 is 0. The number of nitrogens with one attached hydrogen (secondary N) is 2. The topological polar surface area (TPSA) is 139 Å². The Morgan fingerprint density at radius 3 is 2.40 bits per heavy atom. The van der Waals surface area contributed by atoms with Crippen LogP contribution in [0.4, 0.5) is 0 Å². The van der Waals surface area contributed by atoms with Gasteiger partial charge in [0.1, 0.15) is 23.8 Å². The van der Waals surface area contributed by atoms with E-state index in [4.69, 9.17) is 15.2 Å². The van der Waals surface area contributed by atoms with Crippen LogP contribution in [0.15, 0.2) is 53.7 Å². The summed E-state index contributed by atoms with van der Waals surface area (Å²) in [4.78, 5) is 15.9. The normalized spacial score (nSPS) is 29.3. The molecule has 11 heteroatoms. The van der Waals surface area contributed by atoms with E-state index >= 15 is 0 Å². The molecular weight excluding hydrogens is 586 g/mol. The molecule has 45 heavy (non-hydrogen) atoms. The maximum atomic E-state index is 13.6. The molecule has 2 N–H and O–H groups in total. The molecule has 3 aromatic heterocycles. The molecule has 0 aliphatic heterocycles. The van der Waals surface area contributed by atoms with Crippen molar-refractivity contribution in [3.8, 4) is 6.07 Å². The fraction of sp³-hybridized carbons (Fsp3) is 0.529. The van der Waals surface area contributed by atoms with Crippen LogP contribution in [0.25, 0.3) is 22.1 Å². The number of rotatable bonds is 8. The molecule has 0 saturated heterocycles. The van der Waals surface area contributed by atoms with E-state index in [-0.39, 0.29) is 23.0 Å². The summed E-state index contributed by atoms with van der Waals surface area (Å²) in [5.41, 5.74) is 4.87. The van der Waals surface area contributed by atoms with Gasteiger partial charge in [-0.2, -0.15) is 5.26 Å². The lowest BCUT2D eigenvalue weighted by Crippen LogP contribution is -2.53. The van der Waals surface area contributed by atoms with E-state index in [0.717, 1.165) is 79.4 Å². The average Bonchev–Trinajstić information content (AvgIpc) is 3.63. The van der Waals surface area contributed by atoms with E-state index in [1.54, 1.807) is 42.7 Å². The Kier molecular flexibility index (Phi) is 6.99. The van der Waals surface area contributed by atoms with Crippen LogP contribution in [0, 0.1) is 45.8 Å². The molecule has 0 radical (unpaired) electrons. The van der Waals surface area contributed by atoms with E-state index in [1.807, 2.05) is 6.07 Å². The summed E-state index contributed by atoms with van der Waals surface area (Å²) in [7, 11) is -3.84. The number of aromatic nitrogens is 4. The number of hydrogen-bond acceptors (Lipinski definition) is 7. The monoisotopic (exact) mass is 625 g/mol. The van der Waals surface area contributed by atoms with Crippen molar-refractivity contribution in [2.24, 2.45) is 29.1 Å². The van der Waals surface area contributed by atoms with Gasteiger partial charge in [0.05, 0.1) is 22.7 Å². The summed E-state index contributed by atoms with van der Waals surface area (Å²) in [6, 6.07) is 12.7. The number of nitrogens with zero attached hydrogens (tertiary/aromatic N) is 5. The van der Waals surface area contributed by atoms with Gasteiger partial charge < -0.3 is 4.57 Å². The van der Waals surface area contributed by atoms with Crippen molar-refractivity contribution in [3.63, 3.8) is 0 Å². The third-order valence-corrected chi connectivity index (χ3v) is 12.9. The quantitative estimate of drug-likeness (QED) is 0.130. The minimum Gasteiger partial charge on any atom is -0.322 e. The van der Waals surface area contributed by atoms with Gasteiger partial charge in [0.15, 0.2) is 5.65 Å². The van der Waals surface area contributed by atoms with Crippen LogP contribution in [-0.4, -0.2) is 32.8 Å². The smallest absolute Gasteiger partial charge is 0.269 e. The molecule has 0 atom stereocenters. The number of fused-ring (bicyclic) bond motifs is 3. The number of nitriles is 1. The Morgan fingerprint density at radius 1 is 1.04 bits per heavy atom. The van der Waals surface area contributed by atoms with Gasteiger partial charge in [-0.25, -0.2) is 22.4 Å². The summed E-state index contributed by atoms with van der Waals surface area (Å²) < 4.78 is 30.7. The summed E-state index contributed by atoms with van der Waals surface area (Å²) in [5.74, 6) is 3.85. The molecular formula is C34H39N7O3S. The molecule has 0 spiro atoms. The van der Waals surface area contributed by atoms with Gasteiger partial charge in [0.25, 0.3) is 10.0 Å². The minimum absolute atomic E-state index is 0.0861. The highest BCUT2D eigenvalue weighted by Gasteiger charge is 2.53. The second kappa shape index (κ2) is 11.0. The molecule has 5 aliphatic carbocycles. The molecule has 5 aliphatic rings. The summed E-state index contributed by atoms with van der Waals surface area (Å²) in [6.45, 7) is 0.173. The zero-order valence-electron chi connectivity index (χ0n) is 25.4. The first-order chi connectivity index (χ1) is 21.8. The number of amidine groups is 1. The van der Waals surface area contributed by atoms with E-state index in [2.05, 4.69) is 21.1 Å². The molecule has 5 fully saturated rings. The van der Waals surface area contributed by atoms with E-state index in [9.17, 15) is 13.7 Å². The Hall–Kier alpha value is -3.75. The highest BCUT2D eigenvalue weighted by Crippen LogP contribution is 2.60. The molecule has 5 saturated carbocycles. The second-order valence-corrected chi connectivity index (χ2v) is 15.9. The van der Waals surface area contributed by atoms with E-state index in [1.165, 1.54) is 23.2 Å². The third-order valence-electron chi connectivity index (χ3n) is 11.2. The first kappa shape index (κ1) is 28.7. The SMILES string of the molecule is N#CC[C@H]1CC[C@H](n2c(CONC(=N)C34CC5CC(CC(C5)C3)C4)nc3cnc4c(ccn4S(=O)(=O)c4ccccc4)c32)CC1. The number of hydroxylamine groups is 1. The maximum absolute atomic E-state index is 13.6. The van der Waals surface area contributed by atoms with Crippen LogP contribution in [0.2, 0.25) is 0 Å². The maximum Gasteiger partial charge on any atom is 0.269 e. The Labute approximate surface area is 263 Å². The molecule has 0 unspecified atom stereocenters. The Morgan fingerprint density at radius 2 is 1.73 bits per heavy atom. The fourth-order valence-electron chi connectivity index (χ4n) is 9.53. The molecule has 4 aromatic rings. The number of benzene rings is 1. The van der Waals surface area contributed by atoms with Gasteiger partial charge in [0, 0.05) is 29.5 Å². The molecule has 9 rings (SSSR count). The minimum atomic E-state index is -3.84. The van der Waals surface area contributed by atoms with E-state index < -0.39 is 10.0 Å². The van der Waals surface area contributed by atoms with Gasteiger partial charge >= 0.3 is 0 Å². The van der Waals surface area contributed by atoms with Crippen LogP contribution in [-0.2, 0) is 21.5 Å². The fourth-order valence-corrected chi connectivity index (χ4v) is 10.8. The molecule has 234 valence electrons. The van der Waals surface area contributed by atoms with Crippen molar-refractivity contribution in [3.05, 3.63) is 54.6 Å². The van der Waals surface area contributed by atoms with Gasteiger partial charge in [-0.3, -0.25) is 15.7 Å².